The zero-order valence-electron chi connectivity index (χ0n) is 11.5. The molecule has 0 spiro atoms. The number of nitrogens with zero attached hydrogens (tertiary/aromatic N) is 2. The van der Waals surface area contributed by atoms with Crippen molar-refractivity contribution in [2.24, 2.45) is 0 Å². The van der Waals surface area contributed by atoms with Crippen molar-refractivity contribution in [1.29, 1.82) is 0 Å². The van der Waals surface area contributed by atoms with Gasteiger partial charge in [-0.2, -0.15) is 5.10 Å². The van der Waals surface area contributed by atoms with Crippen molar-refractivity contribution in [3.05, 3.63) is 41.7 Å². The molecule has 0 saturated carbocycles. The molecule has 5 heteroatoms. The molecule has 1 unspecified atom stereocenters. The maximum Gasteiger partial charge on any atom is 0.0753 e. The summed E-state index contributed by atoms with van der Waals surface area (Å²) >= 11 is 0. The third-order valence-corrected chi connectivity index (χ3v) is 4.30. The van der Waals surface area contributed by atoms with Gasteiger partial charge in [-0.3, -0.25) is 8.89 Å². The van der Waals surface area contributed by atoms with Crippen LogP contribution in [-0.4, -0.2) is 14.0 Å². The van der Waals surface area contributed by atoms with Gasteiger partial charge in [-0.1, -0.05) is 6.07 Å². The standard InChI is InChI=1S/C14H19N3OS/c1-10(2)17-7-6-12(16-17)9-19(18)14-5-4-11(3)8-13(14)15/h4-8,10H,9,15H2,1-3H3. The van der Waals surface area contributed by atoms with Crippen molar-refractivity contribution in [2.45, 2.75) is 37.5 Å². The number of aryl methyl sites for hydroxylation is 1. The van der Waals surface area contributed by atoms with Crippen LogP contribution in [0.5, 0.6) is 0 Å². The molecule has 1 heterocycles. The molecule has 0 aliphatic heterocycles. The first-order valence-corrected chi connectivity index (χ1v) is 7.58. The van der Waals surface area contributed by atoms with Gasteiger partial charge in [0.15, 0.2) is 0 Å². The van der Waals surface area contributed by atoms with Gasteiger partial charge in [0.25, 0.3) is 0 Å². The summed E-state index contributed by atoms with van der Waals surface area (Å²) in [7, 11) is -1.15. The minimum atomic E-state index is -1.15. The number of rotatable bonds is 4. The lowest BCUT2D eigenvalue weighted by Gasteiger charge is -2.06. The number of benzene rings is 1. The molecule has 0 radical (unpaired) electrons. The molecule has 4 nitrogen and oxygen atoms in total. The lowest BCUT2D eigenvalue weighted by Crippen LogP contribution is -2.04. The monoisotopic (exact) mass is 277 g/mol. The van der Waals surface area contributed by atoms with Crippen molar-refractivity contribution in [3.63, 3.8) is 0 Å². The van der Waals surface area contributed by atoms with Gasteiger partial charge in [0.05, 0.1) is 27.1 Å². The first kappa shape index (κ1) is 13.8. The predicted octanol–water partition coefficient (Wildman–Crippen LogP) is 2.66. The molecule has 0 saturated heterocycles. The Labute approximate surface area is 116 Å². The zero-order chi connectivity index (χ0) is 14.0. The van der Waals surface area contributed by atoms with Gasteiger partial charge in [0.2, 0.25) is 0 Å². The average molecular weight is 277 g/mol. The Bertz CT molecular complexity index is 604. The molecule has 2 N–H and O–H groups in total. The summed E-state index contributed by atoms with van der Waals surface area (Å²) in [4.78, 5) is 0.685. The van der Waals surface area contributed by atoms with Crippen LogP contribution in [0.2, 0.25) is 0 Å². The lowest BCUT2D eigenvalue weighted by atomic mass is 10.2. The van der Waals surface area contributed by atoms with Gasteiger partial charge in [-0.25, -0.2) is 0 Å². The second kappa shape index (κ2) is 5.57. The van der Waals surface area contributed by atoms with Gasteiger partial charge in [-0.15, -0.1) is 0 Å². The van der Waals surface area contributed by atoms with E-state index in [1.807, 2.05) is 42.1 Å². The second-order valence-corrected chi connectivity index (χ2v) is 6.33. The van der Waals surface area contributed by atoms with Crippen LogP contribution >= 0.6 is 0 Å². The first-order valence-electron chi connectivity index (χ1n) is 6.26. The van der Waals surface area contributed by atoms with Crippen molar-refractivity contribution < 1.29 is 4.21 Å². The quantitative estimate of drug-likeness (QED) is 0.874. The van der Waals surface area contributed by atoms with Gasteiger partial charge >= 0.3 is 0 Å². The first-order chi connectivity index (χ1) is 8.97. The maximum absolute atomic E-state index is 12.3. The third kappa shape index (κ3) is 3.23. The zero-order valence-corrected chi connectivity index (χ0v) is 12.3. The number of nitrogens with two attached hydrogens (primary N) is 1. The molecule has 1 aromatic heterocycles. The SMILES string of the molecule is Cc1ccc(S(=O)Cc2ccn(C(C)C)n2)c(N)c1. The van der Waals surface area contributed by atoms with Crippen LogP contribution in [0.15, 0.2) is 35.4 Å². The topological polar surface area (TPSA) is 60.9 Å². The second-order valence-electron chi connectivity index (χ2n) is 4.91. The van der Waals surface area contributed by atoms with Gasteiger partial charge in [0, 0.05) is 17.9 Å². The number of hydrogen-bond donors (Lipinski definition) is 1. The van der Waals surface area contributed by atoms with E-state index in [2.05, 4.69) is 18.9 Å². The Morgan fingerprint density at radius 3 is 2.68 bits per heavy atom. The highest BCUT2D eigenvalue weighted by molar-refractivity contribution is 7.84. The normalized spacial score (nSPS) is 12.8. The fourth-order valence-corrected chi connectivity index (χ4v) is 2.95. The van der Waals surface area contributed by atoms with Crippen LogP contribution < -0.4 is 5.73 Å². The molecule has 0 bridgehead atoms. The fourth-order valence-electron chi connectivity index (χ4n) is 1.83. The third-order valence-electron chi connectivity index (χ3n) is 2.88. The largest absolute Gasteiger partial charge is 0.398 e. The molecule has 2 rings (SSSR count). The van der Waals surface area contributed by atoms with E-state index < -0.39 is 10.8 Å². The van der Waals surface area contributed by atoms with Crippen LogP contribution in [0.3, 0.4) is 0 Å². The highest BCUT2D eigenvalue weighted by Crippen LogP contribution is 2.20. The minimum Gasteiger partial charge on any atom is -0.398 e. The van der Waals surface area contributed by atoms with E-state index in [0.717, 1.165) is 11.3 Å². The molecule has 2 aromatic rings. The summed E-state index contributed by atoms with van der Waals surface area (Å²) in [6, 6.07) is 7.82. The summed E-state index contributed by atoms with van der Waals surface area (Å²) in [6.45, 7) is 6.09. The number of nitrogen functional groups attached to an aromatic ring is 1. The van der Waals surface area contributed by atoms with E-state index in [1.54, 1.807) is 0 Å². The highest BCUT2D eigenvalue weighted by Gasteiger charge is 2.11. The molecule has 0 aliphatic carbocycles. The van der Waals surface area contributed by atoms with Crippen LogP contribution in [-0.2, 0) is 16.6 Å². The highest BCUT2D eigenvalue weighted by atomic mass is 32.2. The summed E-state index contributed by atoms with van der Waals surface area (Å²) in [5.41, 5.74) is 8.39. The molecule has 19 heavy (non-hydrogen) atoms. The van der Waals surface area contributed by atoms with E-state index in [1.165, 1.54) is 0 Å². The molecule has 1 atom stereocenters. The maximum atomic E-state index is 12.3. The molecule has 1 aromatic carbocycles. The summed E-state index contributed by atoms with van der Waals surface area (Å²) in [6.07, 6.45) is 1.91. The molecule has 102 valence electrons. The molecular weight excluding hydrogens is 258 g/mol. The van der Waals surface area contributed by atoms with Crippen LogP contribution in [0.4, 0.5) is 5.69 Å². The summed E-state index contributed by atoms with van der Waals surface area (Å²) < 4.78 is 14.2. The molecule has 0 amide bonds. The van der Waals surface area contributed by atoms with Crippen molar-refractivity contribution in [3.8, 4) is 0 Å². The van der Waals surface area contributed by atoms with E-state index in [0.29, 0.717) is 22.4 Å². The number of hydrogen-bond acceptors (Lipinski definition) is 3. The Hall–Kier alpha value is -1.62. The van der Waals surface area contributed by atoms with E-state index in [-0.39, 0.29) is 0 Å². The lowest BCUT2D eigenvalue weighted by molar-refractivity contribution is 0.528. The van der Waals surface area contributed by atoms with Crippen LogP contribution in [0, 0.1) is 6.92 Å². The predicted molar refractivity (Wildman–Crippen MR) is 78.3 cm³/mol. The number of anilines is 1. The summed E-state index contributed by atoms with van der Waals surface area (Å²) in [5, 5.41) is 4.41. The Morgan fingerprint density at radius 2 is 2.11 bits per heavy atom. The Kier molecular flexibility index (Phi) is 4.04. The van der Waals surface area contributed by atoms with E-state index in [9.17, 15) is 4.21 Å². The molecule has 0 aliphatic rings. The smallest absolute Gasteiger partial charge is 0.0753 e. The fraction of sp³-hybridized carbons (Fsp3) is 0.357. The summed E-state index contributed by atoms with van der Waals surface area (Å²) in [5.74, 6) is 0.396. The Morgan fingerprint density at radius 1 is 1.37 bits per heavy atom. The van der Waals surface area contributed by atoms with Crippen LogP contribution in [0.1, 0.15) is 31.1 Å². The van der Waals surface area contributed by atoms with Crippen molar-refractivity contribution in [2.75, 3.05) is 5.73 Å². The van der Waals surface area contributed by atoms with Gasteiger partial charge < -0.3 is 5.73 Å². The van der Waals surface area contributed by atoms with Gasteiger partial charge in [0.1, 0.15) is 0 Å². The van der Waals surface area contributed by atoms with Gasteiger partial charge in [-0.05, 0) is 44.5 Å². The van der Waals surface area contributed by atoms with E-state index in [4.69, 9.17) is 5.73 Å². The minimum absolute atomic E-state index is 0.312. The number of aromatic nitrogens is 2. The van der Waals surface area contributed by atoms with Crippen molar-refractivity contribution in [1.82, 2.24) is 9.78 Å². The van der Waals surface area contributed by atoms with E-state index >= 15 is 0 Å². The van der Waals surface area contributed by atoms with Crippen molar-refractivity contribution >= 4 is 16.5 Å². The van der Waals surface area contributed by atoms with Crippen LogP contribution in [0.25, 0.3) is 0 Å². The molecule has 0 fully saturated rings. The Balaban J connectivity index is 2.16. The average Bonchev–Trinajstić information content (AvgIpc) is 2.77. The molecular formula is C14H19N3OS.